The molecule has 3 aliphatic rings. The average molecular weight is 631 g/mol. The zero-order valence-corrected chi connectivity index (χ0v) is 26.8. The molecule has 2 aromatic rings. The van der Waals surface area contributed by atoms with Gasteiger partial charge < -0.3 is 19.1 Å². The second-order valence-corrected chi connectivity index (χ2v) is 14.2. The van der Waals surface area contributed by atoms with Crippen LogP contribution in [0.2, 0.25) is 5.02 Å². The van der Waals surface area contributed by atoms with E-state index in [-0.39, 0.29) is 11.7 Å². The van der Waals surface area contributed by atoms with E-state index in [2.05, 4.69) is 15.7 Å². The van der Waals surface area contributed by atoms with Gasteiger partial charge in [0.05, 0.1) is 17.9 Å². The lowest BCUT2D eigenvalue weighted by molar-refractivity contribution is 0.0132. The van der Waals surface area contributed by atoms with Crippen molar-refractivity contribution in [2.75, 3.05) is 32.2 Å². The number of ether oxygens (including phenoxy) is 3. The summed E-state index contributed by atoms with van der Waals surface area (Å²) in [6.07, 6.45) is 9.00. The van der Waals surface area contributed by atoms with E-state index < -0.39 is 27.3 Å². The number of anilines is 1. The number of nitrogens with zero attached hydrogens (tertiary/aromatic N) is 1. The number of nitrogens with one attached hydrogen (secondary N) is 1. The first-order valence-corrected chi connectivity index (χ1v) is 17.2. The van der Waals surface area contributed by atoms with Crippen LogP contribution in [0.25, 0.3) is 0 Å². The molecule has 43 heavy (non-hydrogen) atoms. The largest absolute Gasteiger partial charge is 0.487 e. The maximum atomic E-state index is 13.5. The molecule has 2 aliphatic heterocycles. The van der Waals surface area contributed by atoms with Crippen LogP contribution in [0.3, 0.4) is 0 Å². The first-order valence-electron chi connectivity index (χ1n) is 15.3. The Balaban J connectivity index is 1.56. The molecule has 1 amide bonds. The molecule has 1 aliphatic carbocycles. The Labute approximate surface area is 260 Å². The van der Waals surface area contributed by atoms with Crippen molar-refractivity contribution in [1.29, 1.82) is 0 Å². The molecule has 0 saturated heterocycles. The Hall–Kier alpha value is -2.59. The fourth-order valence-corrected chi connectivity index (χ4v) is 8.49. The highest BCUT2D eigenvalue weighted by Crippen LogP contribution is 2.41. The van der Waals surface area contributed by atoms with Crippen LogP contribution in [0.1, 0.15) is 66.9 Å². The van der Waals surface area contributed by atoms with E-state index in [4.69, 9.17) is 25.8 Å². The molecule has 2 bridgehead atoms. The van der Waals surface area contributed by atoms with Gasteiger partial charge in [-0.1, -0.05) is 36.7 Å². The number of sulfonamides is 1. The number of methoxy groups -OCH3 is 2. The Morgan fingerprint density at radius 1 is 1.07 bits per heavy atom. The van der Waals surface area contributed by atoms with Crippen LogP contribution >= 0.6 is 11.6 Å². The van der Waals surface area contributed by atoms with Crippen LogP contribution in [-0.2, 0) is 32.5 Å². The smallest absolute Gasteiger partial charge is 0.264 e. The van der Waals surface area contributed by atoms with Crippen molar-refractivity contribution in [1.82, 2.24) is 4.72 Å². The summed E-state index contributed by atoms with van der Waals surface area (Å²) >= 11 is 6.32. The van der Waals surface area contributed by atoms with Crippen molar-refractivity contribution in [3.8, 4) is 5.75 Å². The van der Waals surface area contributed by atoms with Crippen molar-refractivity contribution < 1.29 is 27.4 Å². The molecule has 1 saturated carbocycles. The summed E-state index contributed by atoms with van der Waals surface area (Å²) in [7, 11) is -0.789. The van der Waals surface area contributed by atoms with Gasteiger partial charge in [0.25, 0.3) is 5.91 Å². The van der Waals surface area contributed by atoms with Crippen molar-refractivity contribution in [2.24, 2.45) is 11.8 Å². The third kappa shape index (κ3) is 7.22. The van der Waals surface area contributed by atoms with Gasteiger partial charge in [0.15, 0.2) is 0 Å². The molecule has 8 nitrogen and oxygen atoms in total. The van der Waals surface area contributed by atoms with Gasteiger partial charge in [0, 0.05) is 37.9 Å². The van der Waals surface area contributed by atoms with E-state index in [1.165, 1.54) is 12.7 Å². The number of carbonyl (C=O) groups excluding carboxylic acids is 1. The SMILES string of the molecule is CC[C@@H]1[C@@H](OC)C/C=C/C(OC)C2CCC2CN2CCCCc3cc(Cl)ccc3COc3ccc(cc32)C(=O)NS1(=O)=O. The monoisotopic (exact) mass is 630 g/mol. The Morgan fingerprint density at radius 2 is 1.91 bits per heavy atom. The van der Waals surface area contributed by atoms with Gasteiger partial charge in [0.2, 0.25) is 10.0 Å². The van der Waals surface area contributed by atoms with Crippen LogP contribution in [0, 0.1) is 11.8 Å². The summed E-state index contributed by atoms with van der Waals surface area (Å²) in [6, 6.07) is 11.1. The quantitative estimate of drug-likeness (QED) is 0.421. The minimum atomic E-state index is -4.03. The number of hydrogen-bond donors (Lipinski definition) is 1. The summed E-state index contributed by atoms with van der Waals surface area (Å²) in [5, 5.41) is -0.185. The molecule has 5 atom stereocenters. The molecule has 234 valence electrons. The molecule has 1 fully saturated rings. The fraction of sp³-hybridized carbons (Fsp3) is 0.545. The molecule has 10 heteroatoms. The number of fused-ring (bicyclic) bond motifs is 3. The van der Waals surface area contributed by atoms with Gasteiger partial charge in [-0.25, -0.2) is 13.1 Å². The molecule has 1 N–H and O–H groups in total. The standard InChI is InChI=1S/C33H43ClN2O6S/c1-4-32-31(41-3)10-7-9-29(40-2)27-15-12-24(27)20-36-17-6-5-8-22-18-26(34)14-11-25(22)21-42-30-16-13-23(19-28(30)36)33(37)35-43(32,38)39/h7,9,11,13-14,16,18-19,24,27,29,31-32H,4-6,8,10,12,15,17,20-21H2,1-3H3,(H,35,37)/b9-7+/t24?,27?,29?,31-,32+/m0/s1. The minimum Gasteiger partial charge on any atom is -0.487 e. The predicted molar refractivity (Wildman–Crippen MR) is 169 cm³/mol. The van der Waals surface area contributed by atoms with E-state index >= 15 is 0 Å². The van der Waals surface area contributed by atoms with Gasteiger partial charge in [-0.3, -0.25) is 4.79 Å². The van der Waals surface area contributed by atoms with Crippen LogP contribution in [-0.4, -0.2) is 59.1 Å². The normalized spacial score (nSPS) is 28.6. The van der Waals surface area contributed by atoms with Gasteiger partial charge in [-0.05, 0) is 98.2 Å². The number of rotatable bonds is 3. The second kappa shape index (κ2) is 14.0. The molecule has 5 rings (SSSR count). The van der Waals surface area contributed by atoms with Crippen LogP contribution in [0.5, 0.6) is 5.75 Å². The highest BCUT2D eigenvalue weighted by atomic mass is 35.5. The lowest BCUT2D eigenvalue weighted by Crippen LogP contribution is -2.45. The molecule has 0 radical (unpaired) electrons. The van der Waals surface area contributed by atoms with Gasteiger partial charge in [-0.2, -0.15) is 0 Å². The first-order chi connectivity index (χ1) is 20.7. The lowest BCUT2D eigenvalue weighted by Gasteiger charge is -2.43. The number of halogens is 1. The maximum absolute atomic E-state index is 13.5. The molecule has 2 heterocycles. The highest BCUT2D eigenvalue weighted by molar-refractivity contribution is 7.90. The van der Waals surface area contributed by atoms with E-state index in [0.717, 1.165) is 56.4 Å². The Kier molecular flexibility index (Phi) is 10.4. The fourth-order valence-electron chi connectivity index (χ4n) is 6.71. The topological polar surface area (TPSA) is 94.2 Å². The summed E-state index contributed by atoms with van der Waals surface area (Å²) in [4.78, 5) is 15.8. The zero-order chi connectivity index (χ0) is 30.6. The number of carbonyl (C=O) groups is 1. The average Bonchev–Trinajstić information content (AvgIpc) is 3.00. The number of hydrogen-bond acceptors (Lipinski definition) is 7. The first kappa shape index (κ1) is 31.8. The summed E-state index contributed by atoms with van der Waals surface area (Å²) in [5.74, 6) is 0.736. The summed E-state index contributed by atoms with van der Waals surface area (Å²) in [6.45, 7) is 3.72. The van der Waals surface area contributed by atoms with E-state index in [1.54, 1.807) is 32.2 Å². The van der Waals surface area contributed by atoms with Crippen LogP contribution in [0.15, 0.2) is 48.6 Å². The summed E-state index contributed by atoms with van der Waals surface area (Å²) in [5.41, 5.74) is 3.33. The highest BCUT2D eigenvalue weighted by Gasteiger charge is 2.38. The minimum absolute atomic E-state index is 0.0780. The molecule has 0 spiro atoms. The van der Waals surface area contributed by atoms with E-state index in [9.17, 15) is 13.2 Å². The van der Waals surface area contributed by atoms with Crippen LogP contribution < -0.4 is 14.4 Å². The maximum Gasteiger partial charge on any atom is 0.264 e. The van der Waals surface area contributed by atoms with Crippen molar-refractivity contribution in [3.63, 3.8) is 0 Å². The Bertz CT molecular complexity index is 1430. The van der Waals surface area contributed by atoms with Crippen LogP contribution in [0.4, 0.5) is 5.69 Å². The summed E-state index contributed by atoms with van der Waals surface area (Å²) < 4.78 is 47.3. The lowest BCUT2D eigenvalue weighted by atomic mass is 9.70. The third-order valence-electron chi connectivity index (χ3n) is 9.31. The van der Waals surface area contributed by atoms with Crippen molar-refractivity contribution in [2.45, 2.75) is 75.9 Å². The number of amides is 1. The van der Waals surface area contributed by atoms with Gasteiger partial charge in [0.1, 0.15) is 17.6 Å². The molecule has 3 unspecified atom stereocenters. The predicted octanol–water partition coefficient (Wildman–Crippen LogP) is 5.92. The third-order valence-corrected chi connectivity index (χ3v) is 11.4. The zero-order valence-electron chi connectivity index (χ0n) is 25.3. The molecular weight excluding hydrogens is 588 g/mol. The number of benzene rings is 2. The van der Waals surface area contributed by atoms with E-state index in [1.807, 2.05) is 24.3 Å². The molecular formula is C33H43ClN2O6S. The second-order valence-electron chi connectivity index (χ2n) is 11.8. The Morgan fingerprint density at radius 3 is 2.63 bits per heavy atom. The van der Waals surface area contributed by atoms with E-state index in [0.29, 0.717) is 42.1 Å². The number of aryl methyl sites for hydroxylation is 1. The van der Waals surface area contributed by atoms with Gasteiger partial charge >= 0.3 is 0 Å². The van der Waals surface area contributed by atoms with Crippen molar-refractivity contribution in [3.05, 3.63) is 70.3 Å². The van der Waals surface area contributed by atoms with Crippen molar-refractivity contribution >= 4 is 33.2 Å². The molecule has 0 aromatic heterocycles. The van der Waals surface area contributed by atoms with Gasteiger partial charge in [-0.15, -0.1) is 0 Å². The molecule has 2 aromatic carbocycles.